The van der Waals surface area contributed by atoms with Crippen LogP contribution in [0.1, 0.15) is 93.7 Å². The smallest absolute Gasteiger partial charge is 0.164 e. The van der Waals surface area contributed by atoms with E-state index in [0.29, 0.717) is 22.2 Å². The van der Waals surface area contributed by atoms with Crippen LogP contribution in [0.2, 0.25) is 0 Å². The van der Waals surface area contributed by atoms with Crippen LogP contribution in [0.15, 0.2) is 84.9 Å². The van der Waals surface area contributed by atoms with Crippen molar-refractivity contribution in [2.75, 3.05) is 0 Å². The van der Waals surface area contributed by atoms with Gasteiger partial charge in [0.1, 0.15) is 0 Å². The molecule has 248 valence electrons. The van der Waals surface area contributed by atoms with Gasteiger partial charge in [-0.1, -0.05) is 72.8 Å². The third-order valence-electron chi connectivity index (χ3n) is 14.5. The molecule has 4 heteroatoms. The summed E-state index contributed by atoms with van der Waals surface area (Å²) < 4.78 is 0. The SMILES string of the molecule is N#Cc1ccc2c(-c3nc(-c4ccc(C56C[C@H]7C[C@@H](C5)C[C@@H](C6)C7)cc4)nc(-c4ccc(C56C[C@H]7C[C@@H](C5)C[C@@H](C6)C7)cc4)n3)cccc2c1. The zero-order chi connectivity index (χ0) is 33.0. The van der Waals surface area contributed by atoms with Crippen molar-refractivity contribution in [2.24, 2.45) is 35.5 Å². The molecule has 13 rings (SSSR count). The zero-order valence-corrected chi connectivity index (χ0v) is 28.8. The highest BCUT2D eigenvalue weighted by Crippen LogP contribution is 2.62. The maximum Gasteiger partial charge on any atom is 0.164 e. The minimum absolute atomic E-state index is 0.367. The first kappa shape index (κ1) is 29.4. The van der Waals surface area contributed by atoms with E-state index in [9.17, 15) is 5.26 Å². The fourth-order valence-electron chi connectivity index (χ4n) is 13.2. The average molecular weight is 653 g/mol. The Hall–Kier alpha value is -4.36. The highest BCUT2D eigenvalue weighted by molar-refractivity contribution is 5.96. The first-order valence-electron chi connectivity index (χ1n) is 19.4. The maximum atomic E-state index is 9.56. The van der Waals surface area contributed by atoms with E-state index in [1.165, 1.54) is 88.2 Å². The molecule has 0 spiro atoms. The van der Waals surface area contributed by atoms with Crippen molar-refractivity contribution in [3.63, 3.8) is 0 Å². The molecule has 4 aromatic carbocycles. The molecule has 8 bridgehead atoms. The Morgan fingerprint density at radius 3 is 1.38 bits per heavy atom. The minimum Gasteiger partial charge on any atom is -0.208 e. The van der Waals surface area contributed by atoms with Gasteiger partial charge < -0.3 is 0 Å². The number of rotatable bonds is 5. The van der Waals surface area contributed by atoms with Crippen molar-refractivity contribution >= 4 is 10.8 Å². The number of hydrogen-bond donors (Lipinski definition) is 0. The van der Waals surface area contributed by atoms with E-state index in [2.05, 4.69) is 66.7 Å². The largest absolute Gasteiger partial charge is 0.208 e. The van der Waals surface area contributed by atoms with E-state index in [1.54, 1.807) is 0 Å². The lowest BCUT2D eigenvalue weighted by Crippen LogP contribution is -2.48. The van der Waals surface area contributed by atoms with E-state index >= 15 is 0 Å². The predicted molar refractivity (Wildman–Crippen MR) is 198 cm³/mol. The second-order valence-electron chi connectivity index (χ2n) is 17.7. The first-order valence-corrected chi connectivity index (χ1v) is 19.4. The first-order chi connectivity index (χ1) is 24.5. The molecule has 0 aliphatic heterocycles. The van der Waals surface area contributed by atoms with E-state index < -0.39 is 0 Å². The van der Waals surface area contributed by atoms with Gasteiger partial charge in [0.25, 0.3) is 0 Å². The highest BCUT2D eigenvalue weighted by atomic mass is 15.0. The van der Waals surface area contributed by atoms with Crippen LogP contribution >= 0.6 is 0 Å². The lowest BCUT2D eigenvalue weighted by Gasteiger charge is -2.57. The number of fused-ring (bicyclic) bond motifs is 1. The predicted octanol–water partition coefficient (Wildman–Crippen LogP) is 10.8. The van der Waals surface area contributed by atoms with Gasteiger partial charge in [-0.2, -0.15) is 5.26 Å². The van der Waals surface area contributed by atoms with Gasteiger partial charge in [0.05, 0.1) is 11.6 Å². The van der Waals surface area contributed by atoms with Crippen LogP contribution in [0.3, 0.4) is 0 Å². The van der Waals surface area contributed by atoms with Gasteiger partial charge >= 0.3 is 0 Å². The maximum absolute atomic E-state index is 9.56. The summed E-state index contributed by atoms with van der Waals surface area (Å²) in [5.41, 5.74) is 7.49. The molecule has 1 heterocycles. The number of nitriles is 1. The summed E-state index contributed by atoms with van der Waals surface area (Å²) in [7, 11) is 0. The van der Waals surface area contributed by atoms with Crippen LogP contribution in [-0.2, 0) is 10.8 Å². The molecule has 50 heavy (non-hydrogen) atoms. The van der Waals surface area contributed by atoms with Crippen molar-refractivity contribution in [1.82, 2.24) is 15.0 Å². The average Bonchev–Trinajstić information content (AvgIpc) is 3.13. The highest BCUT2D eigenvalue weighted by Gasteiger charge is 2.52. The van der Waals surface area contributed by atoms with Crippen molar-refractivity contribution < 1.29 is 0 Å². The van der Waals surface area contributed by atoms with Crippen molar-refractivity contribution in [1.29, 1.82) is 5.26 Å². The van der Waals surface area contributed by atoms with Crippen molar-refractivity contribution in [2.45, 2.75) is 87.9 Å². The van der Waals surface area contributed by atoms with E-state index in [-0.39, 0.29) is 0 Å². The molecule has 0 radical (unpaired) electrons. The molecule has 8 aliphatic rings. The van der Waals surface area contributed by atoms with Gasteiger partial charge in [-0.15, -0.1) is 0 Å². The Labute approximate surface area is 295 Å². The lowest BCUT2D eigenvalue weighted by molar-refractivity contribution is -0.00530. The molecular formula is C46H44N4. The third-order valence-corrected chi connectivity index (χ3v) is 14.5. The van der Waals surface area contributed by atoms with Crippen LogP contribution in [0.4, 0.5) is 0 Å². The standard InChI is InChI=1S/C46H44N4/c47-27-28-4-13-40-37(20-28)2-1-3-41(40)44-49-42(35-5-9-38(10-6-35)45-21-29-14-30(22-45)16-31(15-29)23-45)48-43(50-44)36-7-11-39(12-8-36)46-24-32-17-33(25-46)19-34(18-32)26-46/h1-13,20,29-34H,14-19,21-26H2/t29-,30+,31-,32-,33+,34-,45?,46?. The molecule has 0 amide bonds. The Morgan fingerprint density at radius 2 is 0.940 bits per heavy atom. The van der Waals surface area contributed by atoms with E-state index in [0.717, 1.165) is 74.6 Å². The summed E-state index contributed by atoms with van der Waals surface area (Å²) in [6.45, 7) is 0. The minimum atomic E-state index is 0.367. The molecule has 0 atom stereocenters. The Bertz CT molecular complexity index is 2010. The van der Waals surface area contributed by atoms with Gasteiger partial charge in [-0.25, -0.2) is 15.0 Å². The number of benzene rings is 4. The Morgan fingerprint density at radius 1 is 0.500 bits per heavy atom. The van der Waals surface area contributed by atoms with E-state index in [1.807, 2.05) is 24.3 Å². The quantitative estimate of drug-likeness (QED) is 0.190. The van der Waals surface area contributed by atoms with Crippen LogP contribution in [0.25, 0.3) is 44.9 Å². The molecule has 1 aromatic heterocycles. The summed E-state index contributed by atoms with van der Waals surface area (Å²) in [5, 5.41) is 11.6. The number of aromatic nitrogens is 3. The number of hydrogen-bond acceptors (Lipinski definition) is 4. The van der Waals surface area contributed by atoms with Gasteiger partial charge in [0.15, 0.2) is 17.5 Å². The Kier molecular flexibility index (Phi) is 6.36. The second kappa shape index (κ2) is 10.8. The number of nitrogens with zero attached hydrogens (tertiary/aromatic N) is 4. The summed E-state index contributed by atoms with van der Waals surface area (Å²) in [6, 6.07) is 33.1. The van der Waals surface area contributed by atoms with Gasteiger partial charge in [0, 0.05) is 16.7 Å². The summed E-state index contributed by atoms with van der Waals surface area (Å²) in [5.74, 6) is 7.67. The summed E-state index contributed by atoms with van der Waals surface area (Å²) in [6.07, 6.45) is 17.0. The van der Waals surface area contributed by atoms with Gasteiger partial charge in [-0.3, -0.25) is 0 Å². The molecule has 8 aliphatic carbocycles. The van der Waals surface area contributed by atoms with Gasteiger partial charge in [-0.05, 0) is 157 Å². The molecule has 8 saturated carbocycles. The van der Waals surface area contributed by atoms with Crippen molar-refractivity contribution in [3.8, 4) is 40.2 Å². The van der Waals surface area contributed by atoms with Crippen LogP contribution in [0.5, 0.6) is 0 Å². The normalized spacial score (nSPS) is 33.2. The zero-order valence-electron chi connectivity index (χ0n) is 28.8. The summed E-state index contributed by atoms with van der Waals surface area (Å²) >= 11 is 0. The molecule has 0 unspecified atom stereocenters. The monoisotopic (exact) mass is 652 g/mol. The molecule has 5 aromatic rings. The van der Waals surface area contributed by atoms with Crippen LogP contribution in [-0.4, -0.2) is 15.0 Å². The fourth-order valence-corrected chi connectivity index (χ4v) is 13.2. The molecule has 8 fully saturated rings. The van der Waals surface area contributed by atoms with E-state index in [4.69, 9.17) is 15.0 Å². The van der Waals surface area contributed by atoms with Gasteiger partial charge in [0.2, 0.25) is 0 Å². The Balaban J connectivity index is 0.993. The summed E-state index contributed by atoms with van der Waals surface area (Å²) in [4.78, 5) is 15.5. The van der Waals surface area contributed by atoms with Crippen LogP contribution in [0, 0.1) is 46.8 Å². The fraction of sp³-hybridized carbons (Fsp3) is 0.435. The lowest BCUT2D eigenvalue weighted by atomic mass is 9.48. The topological polar surface area (TPSA) is 62.5 Å². The molecule has 4 nitrogen and oxygen atoms in total. The van der Waals surface area contributed by atoms with Crippen LogP contribution < -0.4 is 0 Å². The van der Waals surface area contributed by atoms with Crippen molar-refractivity contribution in [3.05, 3.63) is 102 Å². The second-order valence-corrected chi connectivity index (χ2v) is 17.7. The molecular weight excluding hydrogens is 609 g/mol. The molecule has 0 N–H and O–H groups in total. The molecule has 0 saturated heterocycles. The third kappa shape index (κ3) is 4.65.